The molecule has 0 unspecified atom stereocenters. The molecule has 0 heterocycles. The number of ketones is 1. The van der Waals surface area contributed by atoms with Crippen molar-refractivity contribution in [3.63, 3.8) is 0 Å². The average Bonchev–Trinajstić information content (AvgIpc) is 2.19. The summed E-state index contributed by atoms with van der Waals surface area (Å²) in [5.74, 6) is -2.97. The van der Waals surface area contributed by atoms with Crippen molar-refractivity contribution in [1.82, 2.24) is 0 Å². The fourth-order valence-electron chi connectivity index (χ4n) is 0.874. The van der Waals surface area contributed by atoms with Crippen LogP contribution >= 0.6 is 11.6 Å². The minimum Gasteiger partial charge on any atom is -0.463 e. The van der Waals surface area contributed by atoms with E-state index in [-0.39, 0.29) is 10.6 Å². The fraction of sp³-hybridized carbons (Fsp3) is 0.111. The van der Waals surface area contributed by atoms with Crippen molar-refractivity contribution < 1.29 is 18.7 Å². The van der Waals surface area contributed by atoms with Gasteiger partial charge < -0.3 is 4.74 Å². The lowest BCUT2D eigenvalue weighted by atomic mass is 10.1. The zero-order valence-corrected chi connectivity index (χ0v) is 7.97. The van der Waals surface area contributed by atoms with E-state index in [2.05, 4.69) is 4.74 Å². The summed E-state index contributed by atoms with van der Waals surface area (Å²) in [7, 11) is 1.04. The van der Waals surface area contributed by atoms with Crippen LogP contribution in [0.25, 0.3) is 0 Å². The molecule has 0 saturated carbocycles. The molecule has 0 fully saturated rings. The molecule has 1 aromatic carbocycles. The van der Waals surface area contributed by atoms with E-state index in [0.29, 0.717) is 0 Å². The van der Waals surface area contributed by atoms with E-state index < -0.39 is 17.6 Å². The van der Waals surface area contributed by atoms with Crippen molar-refractivity contribution in [3.05, 3.63) is 34.6 Å². The van der Waals surface area contributed by atoms with Crippen molar-refractivity contribution in [2.45, 2.75) is 0 Å². The maximum atomic E-state index is 13.0. The number of esters is 1. The molecule has 3 nitrogen and oxygen atoms in total. The average molecular weight is 217 g/mol. The van der Waals surface area contributed by atoms with Gasteiger partial charge in [-0.2, -0.15) is 0 Å². The highest BCUT2D eigenvalue weighted by Crippen LogP contribution is 2.15. The second-order valence-electron chi connectivity index (χ2n) is 2.44. The Morgan fingerprint density at radius 3 is 2.64 bits per heavy atom. The molecule has 1 aromatic rings. The van der Waals surface area contributed by atoms with Crippen LogP contribution < -0.4 is 0 Å². The molecule has 0 spiro atoms. The number of halogens is 2. The smallest absolute Gasteiger partial charge is 0.379 e. The molecule has 0 atom stereocenters. The van der Waals surface area contributed by atoms with Crippen LogP contribution in [0.2, 0.25) is 5.02 Å². The number of rotatable bonds is 2. The highest BCUT2D eigenvalue weighted by atomic mass is 35.5. The number of carbonyl (C=O) groups excluding carboxylic acids is 2. The molecule has 0 aliphatic heterocycles. The number of hydrogen-bond donors (Lipinski definition) is 0. The van der Waals surface area contributed by atoms with E-state index in [1.54, 1.807) is 0 Å². The summed E-state index contributed by atoms with van der Waals surface area (Å²) in [6.07, 6.45) is 0. The molecule has 0 amide bonds. The quantitative estimate of drug-likeness (QED) is 0.430. The summed E-state index contributed by atoms with van der Waals surface area (Å²) in [6, 6.07) is 3.37. The predicted molar refractivity (Wildman–Crippen MR) is 47.8 cm³/mol. The first-order valence-electron chi connectivity index (χ1n) is 3.64. The second kappa shape index (κ2) is 4.19. The van der Waals surface area contributed by atoms with E-state index in [0.717, 1.165) is 19.2 Å². The van der Waals surface area contributed by atoms with Gasteiger partial charge in [0.05, 0.1) is 12.7 Å². The molecule has 0 bridgehead atoms. The van der Waals surface area contributed by atoms with E-state index >= 15 is 0 Å². The van der Waals surface area contributed by atoms with Gasteiger partial charge in [0.15, 0.2) is 0 Å². The zero-order chi connectivity index (χ0) is 10.7. The van der Waals surface area contributed by atoms with E-state index in [4.69, 9.17) is 11.6 Å². The first kappa shape index (κ1) is 10.7. The van der Waals surface area contributed by atoms with E-state index in [1.165, 1.54) is 6.07 Å². The Hall–Kier alpha value is -1.42. The van der Waals surface area contributed by atoms with Crippen LogP contribution in [-0.2, 0) is 9.53 Å². The van der Waals surface area contributed by atoms with Gasteiger partial charge in [-0.05, 0) is 18.2 Å². The Kier molecular flexibility index (Phi) is 3.19. The summed E-state index contributed by atoms with van der Waals surface area (Å²) >= 11 is 5.54. The Morgan fingerprint density at radius 1 is 1.43 bits per heavy atom. The summed E-state index contributed by atoms with van der Waals surface area (Å²) in [5, 5.41) is 0.179. The van der Waals surface area contributed by atoms with Crippen molar-refractivity contribution in [3.8, 4) is 0 Å². The number of ether oxygens (including phenoxy) is 1. The van der Waals surface area contributed by atoms with Gasteiger partial charge in [-0.25, -0.2) is 9.18 Å². The maximum Gasteiger partial charge on any atom is 0.379 e. The van der Waals surface area contributed by atoms with Gasteiger partial charge in [0.2, 0.25) is 0 Å². The maximum absolute atomic E-state index is 13.0. The second-order valence-corrected chi connectivity index (χ2v) is 2.88. The van der Waals surface area contributed by atoms with Gasteiger partial charge in [0.25, 0.3) is 5.78 Å². The molecule has 0 radical (unpaired) electrons. The van der Waals surface area contributed by atoms with Crippen LogP contribution in [-0.4, -0.2) is 18.9 Å². The molecule has 0 aliphatic rings. The molecule has 5 heteroatoms. The van der Waals surface area contributed by atoms with Gasteiger partial charge >= 0.3 is 5.97 Å². The third-order valence-electron chi connectivity index (χ3n) is 1.54. The number of carbonyl (C=O) groups is 2. The number of Topliss-reactive ketones (excluding diaryl/α,β-unsaturated/α-hetero) is 1. The van der Waals surface area contributed by atoms with Crippen LogP contribution in [0.4, 0.5) is 4.39 Å². The molecule has 0 N–H and O–H groups in total. The molecule has 14 heavy (non-hydrogen) atoms. The zero-order valence-electron chi connectivity index (χ0n) is 7.21. The molecule has 0 aliphatic carbocycles. The minimum absolute atomic E-state index is 0.179. The van der Waals surface area contributed by atoms with Crippen molar-refractivity contribution in [2.75, 3.05) is 7.11 Å². The van der Waals surface area contributed by atoms with E-state index in [1.807, 2.05) is 0 Å². The number of methoxy groups -OCH3 is 1. The normalized spacial score (nSPS) is 9.64. The van der Waals surface area contributed by atoms with Crippen molar-refractivity contribution in [2.24, 2.45) is 0 Å². The van der Waals surface area contributed by atoms with Gasteiger partial charge in [-0.15, -0.1) is 0 Å². The van der Waals surface area contributed by atoms with Gasteiger partial charge in [0, 0.05) is 5.02 Å². The van der Waals surface area contributed by atoms with Crippen molar-refractivity contribution >= 4 is 23.4 Å². The lowest BCUT2D eigenvalue weighted by molar-refractivity contribution is -0.135. The summed E-state index contributed by atoms with van der Waals surface area (Å²) in [5.41, 5.74) is -0.385. The minimum atomic E-state index is -1.12. The number of benzene rings is 1. The van der Waals surface area contributed by atoms with Crippen LogP contribution in [0.15, 0.2) is 18.2 Å². The van der Waals surface area contributed by atoms with Crippen LogP contribution in [0.3, 0.4) is 0 Å². The summed E-state index contributed by atoms with van der Waals surface area (Å²) in [4.78, 5) is 22.0. The Bertz CT molecular complexity index is 390. The van der Waals surface area contributed by atoms with Crippen molar-refractivity contribution in [1.29, 1.82) is 0 Å². The Labute approximate surface area is 84.4 Å². The monoisotopic (exact) mass is 216 g/mol. The Morgan fingerprint density at radius 2 is 2.07 bits per heavy atom. The standard InChI is InChI=1S/C9H6ClFO3/c1-14-9(13)8(12)6-4-5(10)2-3-7(6)11/h2-4H,1H3. The van der Waals surface area contributed by atoms with Crippen LogP contribution in [0.1, 0.15) is 10.4 Å². The molecule has 0 saturated heterocycles. The first-order valence-corrected chi connectivity index (χ1v) is 4.01. The molecule has 0 aromatic heterocycles. The SMILES string of the molecule is COC(=O)C(=O)c1cc(Cl)ccc1F. The number of hydrogen-bond acceptors (Lipinski definition) is 3. The third kappa shape index (κ3) is 2.09. The molecule has 1 rings (SSSR count). The predicted octanol–water partition coefficient (Wildman–Crippen LogP) is 1.83. The Balaban J connectivity index is 3.12. The lowest BCUT2D eigenvalue weighted by Crippen LogP contribution is -2.17. The van der Waals surface area contributed by atoms with Crippen LogP contribution in [0.5, 0.6) is 0 Å². The fourth-order valence-corrected chi connectivity index (χ4v) is 1.05. The summed E-state index contributed by atoms with van der Waals surface area (Å²) in [6.45, 7) is 0. The lowest BCUT2D eigenvalue weighted by Gasteiger charge is -2.00. The first-order chi connectivity index (χ1) is 6.56. The highest BCUT2D eigenvalue weighted by molar-refractivity contribution is 6.41. The van der Waals surface area contributed by atoms with Gasteiger partial charge in [-0.1, -0.05) is 11.6 Å². The molecule has 74 valence electrons. The third-order valence-corrected chi connectivity index (χ3v) is 1.78. The molecular weight excluding hydrogens is 211 g/mol. The van der Waals surface area contributed by atoms with Crippen LogP contribution in [0, 0.1) is 5.82 Å². The van der Waals surface area contributed by atoms with E-state index in [9.17, 15) is 14.0 Å². The summed E-state index contributed by atoms with van der Waals surface area (Å²) < 4.78 is 17.2. The largest absolute Gasteiger partial charge is 0.463 e. The topological polar surface area (TPSA) is 43.4 Å². The highest BCUT2D eigenvalue weighted by Gasteiger charge is 2.20. The van der Waals surface area contributed by atoms with Gasteiger partial charge in [-0.3, -0.25) is 4.79 Å². The van der Waals surface area contributed by atoms with Gasteiger partial charge in [0.1, 0.15) is 5.82 Å². The molecular formula is C9H6ClFO3.